The van der Waals surface area contributed by atoms with Crippen LogP contribution in [0.2, 0.25) is 5.82 Å². The lowest BCUT2D eigenvalue weighted by Crippen LogP contribution is -2.14. The van der Waals surface area contributed by atoms with E-state index < -0.39 is 0 Å². The molecule has 58 valence electrons. The summed E-state index contributed by atoms with van der Waals surface area (Å²) in [6, 6.07) is 0. The maximum Gasteiger partial charge on any atom is 0.201 e. The Morgan fingerprint density at radius 2 is 1.40 bits per heavy atom. The van der Waals surface area contributed by atoms with Crippen LogP contribution in [0, 0.1) is 0 Å². The quantitative estimate of drug-likeness (QED) is 0.551. The Morgan fingerprint density at radius 1 is 0.900 bits per heavy atom. The van der Waals surface area contributed by atoms with Crippen molar-refractivity contribution in [3.8, 4) is 0 Å². The van der Waals surface area contributed by atoms with Gasteiger partial charge < -0.3 is 5.64 Å². The van der Waals surface area contributed by atoms with Crippen molar-refractivity contribution in [3.05, 3.63) is 0 Å². The van der Waals surface area contributed by atoms with Gasteiger partial charge in [0.15, 0.2) is 0 Å². The van der Waals surface area contributed by atoms with Gasteiger partial charge in [-0.1, -0.05) is 50.8 Å². The highest BCUT2D eigenvalue weighted by Crippen LogP contribution is 2.24. The summed E-state index contributed by atoms with van der Waals surface area (Å²) in [5.41, 5.74) is 5.62. The molecule has 1 saturated carbocycles. The third-order valence-electron chi connectivity index (χ3n) is 2.56. The molecule has 0 heterocycles. The topological polar surface area (TPSA) is 26.0 Å². The molecule has 0 aromatic carbocycles. The number of hydrogen-bond acceptors (Lipinski definition) is 1. The van der Waals surface area contributed by atoms with Crippen LogP contribution in [0.4, 0.5) is 0 Å². The minimum Gasteiger partial charge on any atom is -0.373 e. The van der Waals surface area contributed by atoms with Gasteiger partial charge >= 0.3 is 0 Å². The summed E-state index contributed by atoms with van der Waals surface area (Å²) < 4.78 is 0. The molecule has 1 rings (SSSR count). The second-order valence-corrected chi connectivity index (χ2v) is 3.45. The van der Waals surface area contributed by atoms with Crippen molar-refractivity contribution in [1.29, 1.82) is 0 Å². The fourth-order valence-electron chi connectivity index (χ4n) is 1.78. The lowest BCUT2D eigenvalue weighted by atomic mass is 9.70. The monoisotopic (exact) mass is 139 g/mol. The van der Waals surface area contributed by atoms with Crippen molar-refractivity contribution in [2.45, 2.75) is 50.8 Å². The molecule has 0 saturated heterocycles. The first-order chi connectivity index (χ1) is 4.93. The molecule has 1 fully saturated rings. The van der Waals surface area contributed by atoms with Gasteiger partial charge in [0.25, 0.3) is 0 Å². The van der Waals surface area contributed by atoms with E-state index in [1.54, 1.807) is 0 Å². The van der Waals surface area contributed by atoms with Crippen molar-refractivity contribution in [2.24, 2.45) is 5.64 Å². The van der Waals surface area contributed by atoms with E-state index in [2.05, 4.69) is 0 Å². The molecule has 0 spiro atoms. The number of hydrogen-bond donors (Lipinski definition) is 1. The van der Waals surface area contributed by atoms with E-state index in [0.717, 1.165) is 13.2 Å². The van der Waals surface area contributed by atoms with Crippen LogP contribution >= 0.6 is 0 Å². The van der Waals surface area contributed by atoms with Crippen LogP contribution in [0.25, 0.3) is 0 Å². The summed E-state index contributed by atoms with van der Waals surface area (Å²) >= 11 is 0. The van der Waals surface area contributed by atoms with Crippen molar-refractivity contribution in [2.75, 3.05) is 0 Å². The van der Waals surface area contributed by atoms with Gasteiger partial charge in [-0.25, -0.2) is 0 Å². The molecule has 0 aliphatic heterocycles. The molecule has 0 unspecified atom stereocenters. The zero-order valence-corrected chi connectivity index (χ0v) is 6.81. The summed E-state index contributed by atoms with van der Waals surface area (Å²) in [6.45, 7) is 0. The Balaban J connectivity index is 2.16. The third kappa shape index (κ3) is 2.74. The van der Waals surface area contributed by atoms with Gasteiger partial charge in [0.2, 0.25) is 7.41 Å². The second-order valence-electron chi connectivity index (χ2n) is 3.45. The molecule has 1 nitrogen and oxygen atoms in total. The Hall–Kier alpha value is 0.0249. The van der Waals surface area contributed by atoms with E-state index in [1.165, 1.54) is 44.9 Å². The maximum absolute atomic E-state index is 5.62. The molecule has 2 N–H and O–H groups in total. The standard InChI is InChI=1S/C8H18BN/c10-9-8-6-4-2-1-3-5-7-8/h8-9H,1-7,10H2. The van der Waals surface area contributed by atoms with E-state index in [1.807, 2.05) is 0 Å². The molecule has 1 aliphatic rings. The molecule has 1 aliphatic carbocycles. The average Bonchev–Trinajstić information content (AvgIpc) is 1.87. The average molecular weight is 139 g/mol. The fourth-order valence-corrected chi connectivity index (χ4v) is 1.78. The molecular formula is C8H18BN. The minimum absolute atomic E-state index is 0.847. The fraction of sp³-hybridized carbons (Fsp3) is 1.00. The highest BCUT2D eigenvalue weighted by atomic mass is 14.4. The van der Waals surface area contributed by atoms with Crippen molar-refractivity contribution >= 4 is 7.41 Å². The summed E-state index contributed by atoms with van der Waals surface area (Å²) in [4.78, 5) is 0. The second kappa shape index (κ2) is 4.78. The Bertz CT molecular complexity index is 77.3. The minimum atomic E-state index is 0.847. The van der Waals surface area contributed by atoms with Crippen molar-refractivity contribution in [3.63, 3.8) is 0 Å². The number of nitrogens with two attached hydrogens (primary N) is 1. The highest BCUT2D eigenvalue weighted by molar-refractivity contribution is 6.33. The lowest BCUT2D eigenvalue weighted by Gasteiger charge is -2.16. The van der Waals surface area contributed by atoms with Crippen molar-refractivity contribution < 1.29 is 0 Å². The number of rotatable bonds is 1. The van der Waals surface area contributed by atoms with Crippen LogP contribution in [0.15, 0.2) is 0 Å². The first-order valence-corrected chi connectivity index (χ1v) is 4.63. The molecule has 0 amide bonds. The van der Waals surface area contributed by atoms with Crippen LogP contribution in [0.1, 0.15) is 44.9 Å². The van der Waals surface area contributed by atoms with Crippen LogP contribution in [-0.2, 0) is 0 Å². The van der Waals surface area contributed by atoms with E-state index in [4.69, 9.17) is 5.64 Å². The molecule has 0 aromatic heterocycles. The van der Waals surface area contributed by atoms with E-state index in [0.29, 0.717) is 0 Å². The van der Waals surface area contributed by atoms with Gasteiger partial charge in [0, 0.05) is 0 Å². The van der Waals surface area contributed by atoms with E-state index >= 15 is 0 Å². The van der Waals surface area contributed by atoms with Gasteiger partial charge in [-0.2, -0.15) is 0 Å². The molecular weight excluding hydrogens is 121 g/mol. The van der Waals surface area contributed by atoms with E-state index in [9.17, 15) is 0 Å². The normalized spacial score (nSPS) is 23.3. The van der Waals surface area contributed by atoms with Gasteiger partial charge in [-0.3, -0.25) is 0 Å². The maximum atomic E-state index is 5.62. The van der Waals surface area contributed by atoms with Crippen LogP contribution in [0.5, 0.6) is 0 Å². The Labute approximate surface area is 64.6 Å². The zero-order chi connectivity index (χ0) is 7.23. The summed E-state index contributed by atoms with van der Waals surface area (Å²) in [5.74, 6) is 0.847. The molecule has 0 bridgehead atoms. The highest BCUT2D eigenvalue weighted by Gasteiger charge is 2.09. The largest absolute Gasteiger partial charge is 0.373 e. The first-order valence-electron chi connectivity index (χ1n) is 4.63. The van der Waals surface area contributed by atoms with Crippen molar-refractivity contribution in [1.82, 2.24) is 0 Å². The molecule has 0 aromatic rings. The van der Waals surface area contributed by atoms with Gasteiger partial charge in [0.1, 0.15) is 0 Å². The summed E-state index contributed by atoms with van der Waals surface area (Å²) in [6.07, 6.45) is 9.95. The first kappa shape index (κ1) is 8.12. The van der Waals surface area contributed by atoms with Crippen LogP contribution in [0.3, 0.4) is 0 Å². The van der Waals surface area contributed by atoms with Gasteiger partial charge in [0.05, 0.1) is 0 Å². The predicted molar refractivity (Wildman–Crippen MR) is 47.4 cm³/mol. The SMILES string of the molecule is NBC1CCCCCCC1. The predicted octanol–water partition coefficient (Wildman–Crippen LogP) is 1.83. The molecule has 10 heavy (non-hydrogen) atoms. The van der Waals surface area contributed by atoms with Crippen LogP contribution in [-0.4, -0.2) is 7.41 Å². The molecule has 0 atom stereocenters. The smallest absolute Gasteiger partial charge is 0.201 e. The Morgan fingerprint density at radius 3 is 1.90 bits per heavy atom. The lowest BCUT2D eigenvalue weighted by molar-refractivity contribution is 0.501. The van der Waals surface area contributed by atoms with Crippen LogP contribution < -0.4 is 5.64 Å². The summed E-state index contributed by atoms with van der Waals surface area (Å²) in [5, 5.41) is 0. The summed E-state index contributed by atoms with van der Waals surface area (Å²) in [7, 11) is 0.917. The van der Waals surface area contributed by atoms with Gasteiger partial charge in [-0.15, -0.1) is 0 Å². The van der Waals surface area contributed by atoms with E-state index in [-0.39, 0.29) is 0 Å². The Kier molecular flexibility index (Phi) is 3.88. The third-order valence-corrected chi connectivity index (χ3v) is 2.56. The molecule has 2 heteroatoms. The molecule has 0 radical (unpaired) electrons. The van der Waals surface area contributed by atoms with Gasteiger partial charge in [-0.05, 0) is 0 Å². The zero-order valence-electron chi connectivity index (χ0n) is 6.81.